The summed E-state index contributed by atoms with van der Waals surface area (Å²) in [6.45, 7) is 8.94. The average Bonchev–Trinajstić information content (AvgIpc) is 4.40. The minimum Gasteiger partial charge on any atom is -0.410 e. The van der Waals surface area contributed by atoms with Crippen molar-refractivity contribution < 1.29 is 28.7 Å². The van der Waals surface area contributed by atoms with Crippen molar-refractivity contribution in [3.8, 4) is 45.0 Å². The quantitative estimate of drug-likeness (QED) is 0.0883. The molecule has 4 heterocycles. The van der Waals surface area contributed by atoms with Gasteiger partial charge in [-0.25, -0.2) is 19.6 Å². The molecule has 0 radical (unpaired) electrons. The highest BCUT2D eigenvalue weighted by molar-refractivity contribution is 5.90. The van der Waals surface area contributed by atoms with Gasteiger partial charge in [0.15, 0.2) is 0 Å². The number of para-hydroxylation sites is 2. The van der Waals surface area contributed by atoms with Crippen molar-refractivity contribution in [1.82, 2.24) is 40.4 Å². The molecule has 5 aromatic carbocycles. The van der Waals surface area contributed by atoms with Crippen molar-refractivity contribution >= 4 is 35.0 Å². The molecule has 8 atom stereocenters. The summed E-state index contributed by atoms with van der Waals surface area (Å²) in [5, 5.41) is 5.73. The average molecular weight is 1050 g/mol. The molecule has 4 bridgehead atoms. The maximum absolute atomic E-state index is 14.3. The van der Waals surface area contributed by atoms with Crippen LogP contribution in [0.15, 0.2) is 109 Å². The Morgan fingerprint density at radius 2 is 1.03 bits per heavy atom. The van der Waals surface area contributed by atoms with Gasteiger partial charge >= 0.3 is 12.2 Å². The van der Waals surface area contributed by atoms with Crippen molar-refractivity contribution in [2.45, 2.75) is 140 Å². The number of carbonyl (C=O) groups is 4. The molecule has 0 spiro atoms. The largest absolute Gasteiger partial charge is 0.413 e. The first kappa shape index (κ1) is 49.8. The number of ether oxygens (including phenoxy) is 2. The number of amides is 4. The van der Waals surface area contributed by atoms with Gasteiger partial charge in [0.25, 0.3) is 0 Å². The zero-order valence-electron chi connectivity index (χ0n) is 44.9. The third kappa shape index (κ3) is 8.90. The summed E-state index contributed by atoms with van der Waals surface area (Å²) in [6.07, 6.45) is 11.1. The predicted molar refractivity (Wildman–Crippen MR) is 299 cm³/mol. The SMILES string of the molecule is CC(C)[C@H](NC(=O)Oc1ccccc1)C(=O)N1CCC[C@H]1c1ncc(-c2ccc(-c3ccc(-c4ccc5nc([C@@H]6CCCN6C(=O)[C@@H](NC(=O)Oc6ccccc6)C(C)C)[nH]c5c4)c4c3C3CCC4C3)c3c2C2CCC3C2)[nH]1. The molecule has 400 valence electrons. The predicted octanol–water partition coefficient (Wildman–Crippen LogP) is 13.0. The molecule has 2 aliphatic heterocycles. The monoisotopic (exact) mass is 1040 g/mol. The molecule has 4 N–H and O–H groups in total. The van der Waals surface area contributed by atoms with Crippen LogP contribution in [0.4, 0.5) is 9.59 Å². The van der Waals surface area contributed by atoms with Crippen LogP contribution < -0.4 is 20.1 Å². The van der Waals surface area contributed by atoms with Crippen molar-refractivity contribution in [1.29, 1.82) is 0 Å². The molecule has 14 nitrogen and oxygen atoms in total. The van der Waals surface area contributed by atoms with E-state index in [1.165, 1.54) is 88.6 Å². The highest BCUT2D eigenvalue weighted by Crippen LogP contribution is 2.62. The smallest absolute Gasteiger partial charge is 0.410 e. The normalized spacial score (nSPS) is 22.5. The van der Waals surface area contributed by atoms with Crippen LogP contribution in [0, 0.1) is 11.8 Å². The Bertz CT molecular complexity index is 3460. The van der Waals surface area contributed by atoms with Gasteiger partial charge in [-0.15, -0.1) is 0 Å². The lowest BCUT2D eigenvalue weighted by atomic mass is 9.77. The summed E-state index contributed by atoms with van der Waals surface area (Å²) < 4.78 is 11.0. The second-order valence-corrected chi connectivity index (χ2v) is 23.4. The molecular weight excluding hydrogens is 977 g/mol. The molecule has 2 aromatic heterocycles. The molecule has 78 heavy (non-hydrogen) atoms. The van der Waals surface area contributed by atoms with Crippen LogP contribution in [-0.4, -0.2) is 78.9 Å². The number of imidazole rings is 2. The Morgan fingerprint density at radius 3 is 1.55 bits per heavy atom. The molecule has 2 saturated heterocycles. The maximum Gasteiger partial charge on any atom is 0.413 e. The lowest BCUT2D eigenvalue weighted by Crippen LogP contribution is -2.51. The molecule has 2 saturated carbocycles. The minimum absolute atomic E-state index is 0.126. The van der Waals surface area contributed by atoms with Crippen LogP contribution in [0.1, 0.15) is 162 Å². The van der Waals surface area contributed by atoms with Gasteiger partial charge in [-0.05, 0) is 181 Å². The Labute approximate surface area is 455 Å². The molecule has 6 aliphatic rings. The number of carbonyl (C=O) groups excluding carboxylic acids is 4. The van der Waals surface area contributed by atoms with Gasteiger partial charge in [0.1, 0.15) is 35.2 Å². The van der Waals surface area contributed by atoms with E-state index in [0.717, 1.165) is 54.1 Å². The fourth-order valence-electron chi connectivity index (χ4n) is 14.5. The summed E-state index contributed by atoms with van der Waals surface area (Å²) in [5.74, 6) is 3.88. The van der Waals surface area contributed by atoms with Crippen molar-refractivity contribution in [2.75, 3.05) is 13.1 Å². The van der Waals surface area contributed by atoms with Crippen molar-refractivity contribution in [3.05, 3.63) is 143 Å². The number of hydrogen-bond donors (Lipinski definition) is 4. The molecule has 13 rings (SSSR count). The second-order valence-electron chi connectivity index (χ2n) is 23.4. The topological polar surface area (TPSA) is 175 Å². The lowest BCUT2D eigenvalue weighted by molar-refractivity contribution is -0.136. The Morgan fingerprint density at radius 1 is 0.551 bits per heavy atom. The molecular formula is C64H68N8O6. The lowest BCUT2D eigenvalue weighted by Gasteiger charge is -2.30. The zero-order valence-corrected chi connectivity index (χ0v) is 44.9. The third-order valence-corrected chi connectivity index (χ3v) is 18.1. The summed E-state index contributed by atoms with van der Waals surface area (Å²) in [4.78, 5) is 75.8. The van der Waals surface area contributed by atoms with E-state index < -0.39 is 24.3 Å². The van der Waals surface area contributed by atoms with Crippen LogP contribution in [0.5, 0.6) is 11.5 Å². The number of H-pyrrole nitrogens is 2. The Hall–Kier alpha value is -7.74. The zero-order chi connectivity index (χ0) is 53.3. The summed E-state index contributed by atoms with van der Waals surface area (Å²) >= 11 is 0. The standard InChI is InChI=1S/C64H68N8O6/c1-35(2)57(69-63(75)77-42-13-7-5-8-14-42)61(73)71-29-11-17-51(71)59-65-34-50(68-59)47-27-26-46(55-40-21-22-41(32-40)56(47)55)45-25-24-44(53-38-19-20-39(31-38)54(45)53)37-23-28-48-49(33-37)67-60(66-48)52-18-12-30-72(52)62(74)58(36(3)4)70-64(76)78-43-15-9-6-10-16-43/h5-10,13-16,23-28,33-36,38-41,51-52,57-58H,11-12,17-22,29-32H2,1-4H3,(H,65,68)(H,66,67)(H,69,75)(H,70,76)/t38?,39?,40?,41?,51-,52-,57-,58-/m0/s1. The molecule has 7 aromatic rings. The van der Waals surface area contributed by atoms with Gasteiger partial charge in [0.05, 0.1) is 35.0 Å². The Balaban J connectivity index is 0.764. The van der Waals surface area contributed by atoms with Gasteiger partial charge in [-0.1, -0.05) is 94.4 Å². The van der Waals surface area contributed by atoms with E-state index in [1.54, 1.807) is 48.5 Å². The highest BCUT2D eigenvalue weighted by Gasteiger charge is 2.45. The molecule has 4 amide bonds. The van der Waals surface area contributed by atoms with E-state index in [4.69, 9.17) is 19.4 Å². The fraction of sp³-hybridized carbons (Fsp3) is 0.406. The minimum atomic E-state index is -0.750. The van der Waals surface area contributed by atoms with Crippen molar-refractivity contribution in [2.24, 2.45) is 11.8 Å². The van der Waals surface area contributed by atoms with E-state index in [9.17, 15) is 19.2 Å². The first-order valence-corrected chi connectivity index (χ1v) is 28.5. The summed E-state index contributed by atoms with van der Waals surface area (Å²) in [5.41, 5.74) is 15.3. The van der Waals surface area contributed by atoms with Gasteiger partial charge in [-0.2, -0.15) is 0 Å². The number of aromatic nitrogens is 4. The van der Waals surface area contributed by atoms with Crippen LogP contribution >= 0.6 is 0 Å². The number of likely N-dealkylation sites (tertiary alicyclic amines) is 2. The van der Waals surface area contributed by atoms with E-state index in [0.29, 0.717) is 48.3 Å². The molecule has 14 heteroatoms. The number of aromatic amines is 2. The second kappa shape index (κ2) is 20.2. The molecule has 4 unspecified atom stereocenters. The summed E-state index contributed by atoms with van der Waals surface area (Å²) in [7, 11) is 0. The number of fused-ring (bicyclic) bond motifs is 11. The fourth-order valence-corrected chi connectivity index (χ4v) is 14.5. The highest BCUT2D eigenvalue weighted by atomic mass is 16.6. The third-order valence-electron chi connectivity index (χ3n) is 18.1. The number of nitrogens with zero attached hydrogens (tertiary/aromatic N) is 4. The maximum atomic E-state index is 14.3. The van der Waals surface area contributed by atoms with Gasteiger partial charge < -0.3 is 39.9 Å². The molecule has 4 fully saturated rings. The van der Waals surface area contributed by atoms with Crippen LogP contribution in [0.2, 0.25) is 0 Å². The van der Waals surface area contributed by atoms with Crippen molar-refractivity contribution in [3.63, 3.8) is 0 Å². The van der Waals surface area contributed by atoms with Gasteiger partial charge in [-0.3, -0.25) is 9.59 Å². The first-order chi connectivity index (χ1) is 37.9. The van der Waals surface area contributed by atoms with E-state index in [-0.39, 0.29) is 35.7 Å². The number of rotatable bonds is 13. The van der Waals surface area contributed by atoms with Gasteiger partial charge in [0, 0.05) is 18.7 Å². The van der Waals surface area contributed by atoms with Crippen LogP contribution in [-0.2, 0) is 9.59 Å². The van der Waals surface area contributed by atoms with E-state index in [2.05, 4.69) is 63.1 Å². The Kier molecular flexibility index (Phi) is 12.9. The van der Waals surface area contributed by atoms with E-state index >= 15 is 0 Å². The number of nitrogens with one attached hydrogen (secondary N) is 4. The number of hydrogen-bond acceptors (Lipinski definition) is 8. The van der Waals surface area contributed by atoms with Gasteiger partial charge in [0.2, 0.25) is 11.8 Å². The summed E-state index contributed by atoms with van der Waals surface area (Å²) in [6, 6.07) is 31.9. The molecule has 4 aliphatic carbocycles. The first-order valence-electron chi connectivity index (χ1n) is 28.5. The van der Waals surface area contributed by atoms with Crippen LogP contribution in [0.25, 0.3) is 44.5 Å². The van der Waals surface area contributed by atoms with Crippen LogP contribution in [0.3, 0.4) is 0 Å². The van der Waals surface area contributed by atoms with E-state index in [1.807, 2.05) is 55.8 Å². The number of benzene rings is 5.